The Morgan fingerprint density at radius 2 is 1.37 bits per heavy atom. The zero-order chi connectivity index (χ0) is 28.6. The van der Waals surface area contributed by atoms with Gasteiger partial charge in [0.25, 0.3) is 0 Å². The van der Waals surface area contributed by atoms with Crippen LogP contribution in [-0.2, 0) is 22.6 Å². The minimum atomic E-state index is 0.0808. The molecule has 0 atom stereocenters. The molecule has 6 heteroatoms. The summed E-state index contributed by atoms with van der Waals surface area (Å²) in [6, 6.07) is 26.7. The van der Waals surface area contributed by atoms with Crippen LogP contribution in [0.15, 0.2) is 78.9 Å². The fourth-order valence-corrected chi connectivity index (χ4v) is 5.17. The molecular formula is C35H38N4O2. The Hall–Kier alpha value is -4.32. The predicted octanol–water partition coefficient (Wildman–Crippen LogP) is 6.97. The molecule has 0 fully saturated rings. The Bertz CT molecular complexity index is 1480. The third kappa shape index (κ3) is 7.26. The lowest BCUT2D eigenvalue weighted by Gasteiger charge is -2.29. The lowest BCUT2D eigenvalue weighted by Crippen LogP contribution is -2.37. The van der Waals surface area contributed by atoms with Crippen molar-refractivity contribution < 1.29 is 9.59 Å². The monoisotopic (exact) mass is 546 g/mol. The summed E-state index contributed by atoms with van der Waals surface area (Å²) in [5.74, 6) is 0.871. The molecule has 1 aromatic heterocycles. The Balaban J connectivity index is 1.24. The molecule has 1 N–H and O–H groups in total. The molecule has 0 bridgehead atoms. The van der Waals surface area contributed by atoms with E-state index in [1.807, 2.05) is 35.2 Å². The Morgan fingerprint density at radius 3 is 2.02 bits per heavy atom. The smallest absolute Gasteiger partial charge is 0.228 e. The second-order valence-electron chi connectivity index (χ2n) is 10.9. The van der Waals surface area contributed by atoms with Crippen molar-refractivity contribution in [1.82, 2.24) is 15.3 Å². The van der Waals surface area contributed by atoms with Crippen molar-refractivity contribution in [2.75, 3.05) is 11.4 Å². The molecule has 41 heavy (non-hydrogen) atoms. The molecule has 0 spiro atoms. The van der Waals surface area contributed by atoms with Crippen LogP contribution in [0.1, 0.15) is 60.9 Å². The number of rotatable bonds is 11. The first-order valence-corrected chi connectivity index (χ1v) is 14.6. The van der Waals surface area contributed by atoms with E-state index in [0.29, 0.717) is 38.2 Å². The van der Waals surface area contributed by atoms with Crippen molar-refractivity contribution in [3.63, 3.8) is 0 Å². The molecule has 210 valence electrons. The van der Waals surface area contributed by atoms with Crippen molar-refractivity contribution in [3.8, 4) is 22.5 Å². The Kier molecular flexibility index (Phi) is 9.19. The normalized spacial score (nSPS) is 12.7. The van der Waals surface area contributed by atoms with Crippen molar-refractivity contribution in [3.05, 3.63) is 101 Å². The van der Waals surface area contributed by atoms with Gasteiger partial charge < -0.3 is 5.32 Å². The maximum absolute atomic E-state index is 13.0. The maximum Gasteiger partial charge on any atom is 0.228 e. The second-order valence-corrected chi connectivity index (χ2v) is 10.9. The number of aromatic nitrogens is 2. The fraction of sp³-hybridized carbons (Fsp3) is 0.314. The summed E-state index contributed by atoms with van der Waals surface area (Å²) in [5, 5.41) is 2.99. The third-order valence-corrected chi connectivity index (χ3v) is 7.60. The van der Waals surface area contributed by atoms with Gasteiger partial charge >= 0.3 is 0 Å². The van der Waals surface area contributed by atoms with Crippen LogP contribution in [0, 0.1) is 13.8 Å². The third-order valence-electron chi connectivity index (χ3n) is 7.60. The lowest BCUT2D eigenvalue weighted by molar-refractivity contribution is -0.121. The van der Waals surface area contributed by atoms with E-state index in [4.69, 9.17) is 9.97 Å². The number of benzene rings is 3. The molecule has 0 saturated heterocycles. The van der Waals surface area contributed by atoms with Crippen molar-refractivity contribution >= 4 is 17.6 Å². The van der Waals surface area contributed by atoms with Gasteiger partial charge in [-0.3, -0.25) is 14.5 Å². The van der Waals surface area contributed by atoms with E-state index in [2.05, 4.69) is 67.7 Å². The van der Waals surface area contributed by atoms with E-state index >= 15 is 0 Å². The molecule has 0 aliphatic carbocycles. The first kappa shape index (κ1) is 28.2. The summed E-state index contributed by atoms with van der Waals surface area (Å²) >= 11 is 0. The molecular weight excluding hydrogens is 508 g/mol. The largest absolute Gasteiger partial charge is 0.352 e. The van der Waals surface area contributed by atoms with Gasteiger partial charge in [-0.25, -0.2) is 9.97 Å². The summed E-state index contributed by atoms with van der Waals surface area (Å²) in [6.45, 7) is 5.32. The van der Waals surface area contributed by atoms with E-state index in [0.717, 1.165) is 59.5 Å². The van der Waals surface area contributed by atoms with Crippen LogP contribution >= 0.6 is 0 Å². The number of nitrogens with one attached hydrogen (secondary N) is 1. The van der Waals surface area contributed by atoms with E-state index in [-0.39, 0.29) is 11.8 Å². The molecule has 0 saturated carbocycles. The number of hydrogen-bond acceptors (Lipinski definition) is 4. The number of fused-ring (bicyclic) bond motifs is 1. The van der Waals surface area contributed by atoms with Gasteiger partial charge in [-0.05, 0) is 32.3 Å². The van der Waals surface area contributed by atoms with Crippen LogP contribution in [0.25, 0.3) is 22.5 Å². The zero-order valence-corrected chi connectivity index (χ0v) is 24.0. The standard InChI is InChI=1S/C35H38N4O2/c1-25-13-17-28(18-14-25)33-34(29-19-15-26(2)16-20-29)38-35-30(37-33)21-22-32(41)39(35)23-9-4-3-8-12-31(40)36-24-27-10-6-5-7-11-27/h5-7,10-11,13-20H,3-4,8-9,12,21-24H2,1-2H3,(H,36,40). The number of amides is 2. The molecule has 6 nitrogen and oxygen atoms in total. The lowest BCUT2D eigenvalue weighted by atomic mass is 10.0. The molecule has 0 radical (unpaired) electrons. The summed E-state index contributed by atoms with van der Waals surface area (Å²) < 4.78 is 0. The van der Waals surface area contributed by atoms with Crippen LogP contribution in [0.3, 0.4) is 0 Å². The zero-order valence-electron chi connectivity index (χ0n) is 24.0. The van der Waals surface area contributed by atoms with Gasteiger partial charge in [-0.2, -0.15) is 0 Å². The van der Waals surface area contributed by atoms with Crippen molar-refractivity contribution in [2.45, 2.75) is 65.3 Å². The van der Waals surface area contributed by atoms with Crippen LogP contribution in [0.4, 0.5) is 5.82 Å². The summed E-state index contributed by atoms with van der Waals surface area (Å²) in [4.78, 5) is 37.3. The Labute approximate surface area is 242 Å². The van der Waals surface area contributed by atoms with E-state index in [1.165, 1.54) is 11.1 Å². The molecule has 4 aromatic rings. The van der Waals surface area contributed by atoms with Gasteiger partial charge in [0, 0.05) is 43.5 Å². The minimum absolute atomic E-state index is 0.0808. The molecule has 2 heterocycles. The van der Waals surface area contributed by atoms with Crippen molar-refractivity contribution in [1.29, 1.82) is 0 Å². The quantitative estimate of drug-likeness (QED) is 0.206. The van der Waals surface area contributed by atoms with Gasteiger partial charge in [-0.1, -0.05) is 103 Å². The average Bonchev–Trinajstić information content (AvgIpc) is 2.99. The molecule has 5 rings (SSSR count). The number of anilines is 1. The highest BCUT2D eigenvalue weighted by Gasteiger charge is 2.28. The number of carbonyl (C=O) groups excluding carboxylic acids is 2. The topological polar surface area (TPSA) is 75.2 Å². The fourth-order valence-electron chi connectivity index (χ4n) is 5.17. The summed E-state index contributed by atoms with van der Waals surface area (Å²) in [7, 11) is 0. The molecule has 1 aliphatic heterocycles. The molecule has 3 aromatic carbocycles. The molecule has 2 amide bonds. The summed E-state index contributed by atoms with van der Waals surface area (Å²) in [6.07, 6.45) is 5.15. The first-order chi connectivity index (χ1) is 20.0. The number of carbonyl (C=O) groups is 2. The number of aryl methyl sites for hydroxylation is 3. The molecule has 1 aliphatic rings. The predicted molar refractivity (Wildman–Crippen MR) is 164 cm³/mol. The first-order valence-electron chi connectivity index (χ1n) is 14.6. The summed E-state index contributed by atoms with van der Waals surface area (Å²) in [5.41, 5.74) is 8.03. The van der Waals surface area contributed by atoms with Gasteiger partial charge in [0.15, 0.2) is 5.82 Å². The molecule has 0 unspecified atom stereocenters. The van der Waals surface area contributed by atoms with Gasteiger partial charge in [0.1, 0.15) is 0 Å². The van der Waals surface area contributed by atoms with Gasteiger partial charge in [0.2, 0.25) is 11.8 Å². The number of unbranched alkanes of at least 4 members (excludes halogenated alkanes) is 3. The van der Waals surface area contributed by atoms with Gasteiger partial charge in [0.05, 0.1) is 17.1 Å². The highest BCUT2D eigenvalue weighted by molar-refractivity contribution is 5.96. The number of hydrogen-bond donors (Lipinski definition) is 1. The van der Waals surface area contributed by atoms with E-state index in [9.17, 15) is 9.59 Å². The second kappa shape index (κ2) is 13.4. The van der Waals surface area contributed by atoms with E-state index in [1.54, 1.807) is 0 Å². The highest BCUT2D eigenvalue weighted by Crippen LogP contribution is 2.35. The van der Waals surface area contributed by atoms with Crippen LogP contribution < -0.4 is 10.2 Å². The average molecular weight is 547 g/mol. The SMILES string of the molecule is Cc1ccc(-c2nc3c(nc2-c2ccc(C)cc2)N(CCCCCCC(=O)NCc2ccccc2)C(=O)CC3)cc1. The number of nitrogens with zero attached hydrogens (tertiary/aromatic N) is 3. The van der Waals surface area contributed by atoms with Crippen LogP contribution in [0.5, 0.6) is 0 Å². The minimum Gasteiger partial charge on any atom is -0.352 e. The Morgan fingerprint density at radius 1 is 0.756 bits per heavy atom. The highest BCUT2D eigenvalue weighted by atomic mass is 16.2. The maximum atomic E-state index is 13.0. The van der Waals surface area contributed by atoms with Gasteiger partial charge in [-0.15, -0.1) is 0 Å². The van der Waals surface area contributed by atoms with Crippen LogP contribution in [-0.4, -0.2) is 28.3 Å². The van der Waals surface area contributed by atoms with E-state index < -0.39 is 0 Å². The van der Waals surface area contributed by atoms with Crippen LogP contribution in [0.2, 0.25) is 0 Å². The van der Waals surface area contributed by atoms with Crippen molar-refractivity contribution in [2.24, 2.45) is 0 Å².